The average molecular weight is 291 g/mol. The maximum atomic E-state index is 12.1. The first-order valence-corrected chi connectivity index (χ1v) is 7.27. The Kier molecular flexibility index (Phi) is 8.77. The van der Waals surface area contributed by atoms with Gasteiger partial charge in [-0.25, -0.2) is 4.79 Å². The third kappa shape index (κ3) is 7.55. The van der Waals surface area contributed by atoms with Crippen LogP contribution in [0, 0.1) is 0 Å². The van der Waals surface area contributed by atoms with Gasteiger partial charge in [0.25, 0.3) is 0 Å². The van der Waals surface area contributed by atoms with Crippen LogP contribution < -0.4 is 11.1 Å². The molecule has 0 aliphatic carbocycles. The molecule has 3 amide bonds. The highest BCUT2D eigenvalue weighted by Crippen LogP contribution is 2.04. The first-order chi connectivity index (χ1) is 8.92. The first kappa shape index (κ1) is 17.6. The third-order valence-electron chi connectivity index (χ3n) is 2.27. The van der Waals surface area contributed by atoms with Gasteiger partial charge < -0.3 is 20.7 Å². The molecule has 0 bridgehead atoms. The van der Waals surface area contributed by atoms with Crippen molar-refractivity contribution in [2.45, 2.75) is 19.4 Å². The lowest BCUT2D eigenvalue weighted by Crippen LogP contribution is -2.50. The smallest absolute Gasteiger partial charge is 0.325 e. The molecular formula is C11H21N3O4S. The molecule has 110 valence electrons. The van der Waals surface area contributed by atoms with E-state index >= 15 is 0 Å². The SMILES string of the molecule is CCOC(=O)CN(C)C(=O)C(CCSC)NC(N)=O. The van der Waals surface area contributed by atoms with Crippen LogP contribution >= 0.6 is 11.8 Å². The molecule has 0 spiro atoms. The maximum absolute atomic E-state index is 12.1. The molecule has 0 aromatic heterocycles. The van der Waals surface area contributed by atoms with Crippen LogP contribution in [0.2, 0.25) is 0 Å². The molecule has 0 fully saturated rings. The zero-order chi connectivity index (χ0) is 14.8. The number of thioether (sulfide) groups is 1. The third-order valence-corrected chi connectivity index (χ3v) is 2.92. The average Bonchev–Trinajstić information content (AvgIpc) is 2.33. The van der Waals surface area contributed by atoms with E-state index in [1.165, 1.54) is 11.9 Å². The predicted octanol–water partition coefficient (Wildman–Crippen LogP) is -0.202. The lowest BCUT2D eigenvalue weighted by Gasteiger charge is -2.23. The van der Waals surface area contributed by atoms with Gasteiger partial charge in [0.05, 0.1) is 6.61 Å². The van der Waals surface area contributed by atoms with Crippen molar-refractivity contribution in [2.24, 2.45) is 5.73 Å². The predicted molar refractivity (Wildman–Crippen MR) is 73.8 cm³/mol. The van der Waals surface area contributed by atoms with E-state index in [0.29, 0.717) is 12.2 Å². The molecule has 0 radical (unpaired) electrons. The van der Waals surface area contributed by atoms with Gasteiger partial charge in [0.2, 0.25) is 5.91 Å². The highest BCUT2D eigenvalue weighted by molar-refractivity contribution is 7.98. The minimum absolute atomic E-state index is 0.150. The number of ether oxygens (including phenoxy) is 1. The molecule has 0 rings (SSSR count). The van der Waals surface area contributed by atoms with Gasteiger partial charge in [-0.2, -0.15) is 11.8 Å². The van der Waals surface area contributed by atoms with E-state index in [1.807, 2.05) is 6.26 Å². The van der Waals surface area contributed by atoms with Crippen molar-refractivity contribution in [3.8, 4) is 0 Å². The van der Waals surface area contributed by atoms with Gasteiger partial charge in [-0.15, -0.1) is 0 Å². The molecule has 1 unspecified atom stereocenters. The molecule has 0 saturated carbocycles. The van der Waals surface area contributed by atoms with Crippen molar-refractivity contribution in [2.75, 3.05) is 32.2 Å². The van der Waals surface area contributed by atoms with Crippen molar-refractivity contribution >= 4 is 29.7 Å². The van der Waals surface area contributed by atoms with Crippen LogP contribution in [-0.2, 0) is 14.3 Å². The Labute approximate surface area is 117 Å². The van der Waals surface area contributed by atoms with Crippen LogP contribution in [0.25, 0.3) is 0 Å². The summed E-state index contributed by atoms with van der Waals surface area (Å²) in [6.07, 6.45) is 2.35. The van der Waals surface area contributed by atoms with Crippen LogP contribution in [0.4, 0.5) is 4.79 Å². The summed E-state index contributed by atoms with van der Waals surface area (Å²) < 4.78 is 4.76. The van der Waals surface area contributed by atoms with Gasteiger partial charge in [0.1, 0.15) is 12.6 Å². The number of hydrogen-bond donors (Lipinski definition) is 2. The number of likely N-dealkylation sites (N-methyl/N-ethyl adjacent to an activating group) is 1. The van der Waals surface area contributed by atoms with Crippen molar-refractivity contribution in [1.29, 1.82) is 0 Å². The standard InChI is InChI=1S/C11H21N3O4S/c1-4-18-9(15)7-14(2)10(16)8(5-6-19-3)13-11(12)17/h8H,4-7H2,1-3H3,(H3,12,13,17). The summed E-state index contributed by atoms with van der Waals surface area (Å²) in [6.45, 7) is 1.80. The van der Waals surface area contributed by atoms with Crippen LogP contribution in [0.1, 0.15) is 13.3 Å². The van der Waals surface area contributed by atoms with Gasteiger partial charge in [-0.05, 0) is 25.4 Å². The fraction of sp³-hybridized carbons (Fsp3) is 0.727. The summed E-state index contributed by atoms with van der Waals surface area (Å²) in [7, 11) is 1.48. The molecule has 0 aliphatic heterocycles. The van der Waals surface area contributed by atoms with Gasteiger partial charge in [0, 0.05) is 7.05 Å². The zero-order valence-electron chi connectivity index (χ0n) is 11.5. The summed E-state index contributed by atoms with van der Waals surface area (Å²) in [5, 5.41) is 2.38. The molecule has 3 N–H and O–H groups in total. The Morgan fingerprint density at radius 3 is 2.53 bits per heavy atom. The number of amides is 3. The Morgan fingerprint density at radius 2 is 2.05 bits per heavy atom. The summed E-state index contributed by atoms with van der Waals surface area (Å²) in [5.74, 6) is -0.147. The molecule has 0 saturated heterocycles. The summed E-state index contributed by atoms with van der Waals surface area (Å²) in [4.78, 5) is 35.4. The molecule has 7 nitrogen and oxygen atoms in total. The number of nitrogens with two attached hydrogens (primary N) is 1. The second-order valence-electron chi connectivity index (χ2n) is 3.84. The topological polar surface area (TPSA) is 102 Å². The van der Waals surface area contributed by atoms with E-state index in [9.17, 15) is 14.4 Å². The van der Waals surface area contributed by atoms with Crippen molar-refractivity contribution in [3.05, 3.63) is 0 Å². The Hall–Kier alpha value is -1.44. The summed E-state index contributed by atoms with van der Waals surface area (Å²) in [6, 6.07) is -1.48. The van der Waals surface area contributed by atoms with E-state index in [2.05, 4.69) is 5.32 Å². The number of nitrogens with zero attached hydrogens (tertiary/aromatic N) is 1. The highest BCUT2D eigenvalue weighted by atomic mass is 32.2. The van der Waals surface area contributed by atoms with E-state index in [1.54, 1.807) is 18.7 Å². The van der Waals surface area contributed by atoms with Crippen LogP contribution in [0.15, 0.2) is 0 Å². The summed E-state index contributed by atoms with van der Waals surface area (Å²) in [5.41, 5.74) is 5.03. The fourth-order valence-corrected chi connectivity index (χ4v) is 1.88. The lowest BCUT2D eigenvalue weighted by molar-refractivity contribution is -0.148. The Morgan fingerprint density at radius 1 is 1.42 bits per heavy atom. The second-order valence-corrected chi connectivity index (χ2v) is 4.83. The number of urea groups is 1. The summed E-state index contributed by atoms with van der Waals surface area (Å²) >= 11 is 1.55. The van der Waals surface area contributed by atoms with Gasteiger partial charge >= 0.3 is 12.0 Å². The molecule has 19 heavy (non-hydrogen) atoms. The van der Waals surface area contributed by atoms with Crippen LogP contribution in [-0.4, -0.2) is 61.1 Å². The molecule has 0 heterocycles. The van der Waals surface area contributed by atoms with Gasteiger partial charge in [0.15, 0.2) is 0 Å². The van der Waals surface area contributed by atoms with E-state index < -0.39 is 18.0 Å². The van der Waals surface area contributed by atoms with Gasteiger partial charge in [-0.3, -0.25) is 9.59 Å². The number of carbonyl (C=O) groups is 3. The number of hydrogen-bond acceptors (Lipinski definition) is 5. The second kappa shape index (κ2) is 9.48. The first-order valence-electron chi connectivity index (χ1n) is 5.87. The molecule has 1 atom stereocenters. The van der Waals surface area contributed by atoms with Crippen LogP contribution in [0.5, 0.6) is 0 Å². The van der Waals surface area contributed by atoms with Crippen molar-refractivity contribution in [1.82, 2.24) is 10.2 Å². The highest BCUT2D eigenvalue weighted by Gasteiger charge is 2.24. The minimum Gasteiger partial charge on any atom is -0.465 e. The Balaban J connectivity index is 4.49. The quantitative estimate of drug-likeness (QED) is 0.603. The van der Waals surface area contributed by atoms with E-state index in [-0.39, 0.29) is 19.1 Å². The van der Waals surface area contributed by atoms with Gasteiger partial charge in [-0.1, -0.05) is 0 Å². The molecule has 0 aromatic carbocycles. The largest absolute Gasteiger partial charge is 0.465 e. The van der Waals surface area contributed by atoms with E-state index in [4.69, 9.17) is 10.5 Å². The van der Waals surface area contributed by atoms with Crippen LogP contribution in [0.3, 0.4) is 0 Å². The van der Waals surface area contributed by atoms with E-state index in [0.717, 1.165) is 0 Å². The lowest BCUT2D eigenvalue weighted by atomic mass is 10.2. The maximum Gasteiger partial charge on any atom is 0.325 e. The molecule has 8 heteroatoms. The van der Waals surface area contributed by atoms with Crippen molar-refractivity contribution < 1.29 is 19.1 Å². The number of nitrogens with one attached hydrogen (secondary N) is 1. The molecular weight excluding hydrogens is 270 g/mol. The van der Waals surface area contributed by atoms with Crippen molar-refractivity contribution in [3.63, 3.8) is 0 Å². The number of primary amides is 1. The normalized spacial score (nSPS) is 11.5. The molecule has 0 aromatic rings. The fourth-order valence-electron chi connectivity index (χ4n) is 1.41. The Bertz CT molecular complexity index is 325. The molecule has 0 aliphatic rings. The number of rotatable bonds is 8. The number of carbonyl (C=O) groups excluding carboxylic acids is 3. The monoisotopic (exact) mass is 291 g/mol. The zero-order valence-corrected chi connectivity index (χ0v) is 12.3. The number of esters is 1. The minimum atomic E-state index is -0.760.